The molecule has 0 atom stereocenters. The van der Waals surface area contributed by atoms with Gasteiger partial charge < -0.3 is 22.3 Å². The number of aromatic nitrogens is 1. The summed E-state index contributed by atoms with van der Waals surface area (Å²) in [6.45, 7) is -4.19. The smallest absolute Gasteiger partial charge is 0.491 e. The van der Waals surface area contributed by atoms with Gasteiger partial charge in [0.15, 0.2) is 23.1 Å². The Morgan fingerprint density at radius 3 is 2.35 bits per heavy atom. The van der Waals surface area contributed by atoms with E-state index < -0.39 is 24.4 Å². The topological polar surface area (TPSA) is 17.2 Å². The Bertz CT molecular complexity index is 1040. The number of halogens is 6. The first-order valence-electron chi connectivity index (χ1n) is 7.44. The van der Waals surface area contributed by atoms with Crippen molar-refractivity contribution in [1.29, 1.82) is 0 Å². The molecule has 2 aliphatic rings. The second kappa shape index (κ2) is 5.85. The molecule has 0 saturated heterocycles. The largest absolute Gasteiger partial charge is 0.738 e. The standard InChI is InChI=1S/C16H9BBr2F4N2O/c1-26-16-9(20)6-8(7-10(16)21)15-11-2-4-13(18)24(11)17(22,23)25-12(15)3-5-14(25)19/h2-7H,1H3. The summed E-state index contributed by atoms with van der Waals surface area (Å²) in [4.78, 5) is 0. The predicted octanol–water partition coefficient (Wildman–Crippen LogP) is 4.91. The van der Waals surface area contributed by atoms with Crippen LogP contribution in [0.4, 0.5) is 17.4 Å². The Balaban J connectivity index is 2.08. The molecule has 134 valence electrons. The van der Waals surface area contributed by atoms with Crippen molar-refractivity contribution in [3.05, 3.63) is 69.6 Å². The minimum atomic E-state index is -4.19. The lowest BCUT2D eigenvalue weighted by atomic mass is 9.86. The highest BCUT2D eigenvalue weighted by Crippen LogP contribution is 2.42. The summed E-state index contributed by atoms with van der Waals surface area (Å²) in [5, 5.41) is 0. The van der Waals surface area contributed by atoms with Crippen molar-refractivity contribution in [2.24, 2.45) is 0 Å². The van der Waals surface area contributed by atoms with Gasteiger partial charge in [0.2, 0.25) is 4.62 Å². The van der Waals surface area contributed by atoms with Crippen molar-refractivity contribution in [1.82, 2.24) is 4.48 Å². The number of fused-ring (bicyclic) bond motifs is 2. The van der Waals surface area contributed by atoms with Gasteiger partial charge in [0, 0.05) is 33.8 Å². The Morgan fingerprint density at radius 2 is 1.73 bits per heavy atom. The summed E-state index contributed by atoms with van der Waals surface area (Å²) in [7, 11) is 1.16. The average Bonchev–Trinajstić information content (AvgIpc) is 3.12. The number of methoxy groups -OCH3 is 1. The zero-order valence-corrected chi connectivity index (χ0v) is 16.3. The third-order valence-electron chi connectivity index (χ3n) is 4.36. The molecule has 1 aromatic carbocycles. The highest BCUT2D eigenvalue weighted by molar-refractivity contribution is 9.18. The molecule has 26 heavy (non-hydrogen) atoms. The van der Waals surface area contributed by atoms with Gasteiger partial charge in [-0.1, -0.05) is 0 Å². The van der Waals surface area contributed by atoms with Crippen LogP contribution in [0.5, 0.6) is 5.75 Å². The summed E-state index contributed by atoms with van der Waals surface area (Å²) in [6, 6.07) is 5.11. The molecule has 2 aromatic rings. The number of allylic oxidation sites excluding steroid dienone is 2. The van der Waals surface area contributed by atoms with Crippen molar-refractivity contribution in [2.45, 2.75) is 0 Å². The molecule has 0 N–H and O–H groups in total. The van der Waals surface area contributed by atoms with E-state index in [0.29, 0.717) is 0 Å². The normalized spacial score (nSPS) is 17.7. The van der Waals surface area contributed by atoms with Crippen molar-refractivity contribution in [2.75, 3.05) is 7.11 Å². The summed E-state index contributed by atoms with van der Waals surface area (Å²) in [6.07, 6.45) is 2.96. The maximum Gasteiger partial charge on any atom is 0.738 e. The molecular weight excluding hydrogens is 483 g/mol. The summed E-state index contributed by atoms with van der Waals surface area (Å²) in [5.74, 6) is -2.34. The van der Waals surface area contributed by atoms with Gasteiger partial charge in [0.1, 0.15) is 0 Å². The van der Waals surface area contributed by atoms with Gasteiger partial charge in [-0.25, -0.2) is 8.78 Å². The molecule has 2 aliphatic heterocycles. The van der Waals surface area contributed by atoms with E-state index in [4.69, 9.17) is 4.74 Å². The van der Waals surface area contributed by atoms with Gasteiger partial charge >= 0.3 is 6.97 Å². The van der Waals surface area contributed by atoms with Gasteiger partial charge in [-0.15, -0.1) is 0 Å². The van der Waals surface area contributed by atoms with E-state index >= 15 is 8.63 Å². The van der Waals surface area contributed by atoms with E-state index in [2.05, 4.69) is 31.9 Å². The quantitative estimate of drug-likeness (QED) is 0.431. The van der Waals surface area contributed by atoms with E-state index in [9.17, 15) is 8.78 Å². The minimum absolute atomic E-state index is 0.130. The molecule has 0 amide bonds. The molecule has 1 aromatic heterocycles. The maximum atomic E-state index is 15.1. The fraction of sp³-hybridized carbons (Fsp3) is 0.0625. The number of nitrogens with zero attached hydrogens (tertiary/aromatic N) is 2. The van der Waals surface area contributed by atoms with E-state index in [1.54, 1.807) is 0 Å². The summed E-state index contributed by atoms with van der Waals surface area (Å²) < 4.78 is 65.3. The Kier molecular flexibility index (Phi) is 3.96. The Hall–Kier alpha value is -1.81. The summed E-state index contributed by atoms with van der Waals surface area (Å²) >= 11 is 6.27. The fourth-order valence-electron chi connectivity index (χ4n) is 3.33. The van der Waals surface area contributed by atoms with Gasteiger partial charge in [-0.3, -0.25) is 0 Å². The second-order valence-electron chi connectivity index (χ2n) is 5.76. The third kappa shape index (κ3) is 2.28. The average molecular weight is 492 g/mol. The number of hydrogen-bond acceptors (Lipinski definition) is 1. The first kappa shape index (κ1) is 17.6. The molecule has 0 fully saturated rings. The van der Waals surface area contributed by atoms with Gasteiger partial charge in [-0.05, 0) is 45.8 Å². The lowest BCUT2D eigenvalue weighted by Crippen LogP contribution is -2.50. The van der Waals surface area contributed by atoms with Gasteiger partial charge in [0.05, 0.1) is 17.3 Å². The second-order valence-corrected chi connectivity index (χ2v) is 7.38. The molecule has 0 unspecified atom stereocenters. The Labute approximate surface area is 162 Å². The molecule has 3 nitrogen and oxygen atoms in total. The minimum Gasteiger partial charge on any atom is -0.491 e. The van der Waals surface area contributed by atoms with Gasteiger partial charge in [-0.2, -0.15) is 0 Å². The highest BCUT2D eigenvalue weighted by atomic mass is 79.9. The van der Waals surface area contributed by atoms with E-state index in [0.717, 1.165) is 28.2 Å². The number of hydrogen-bond donors (Lipinski definition) is 0. The van der Waals surface area contributed by atoms with Crippen LogP contribution in [0, 0.1) is 11.6 Å². The van der Waals surface area contributed by atoms with Crippen LogP contribution in [0.15, 0.2) is 46.7 Å². The fourth-order valence-corrected chi connectivity index (χ4v) is 4.47. The van der Waals surface area contributed by atoms with Crippen LogP contribution < -0.4 is 4.74 Å². The number of rotatable bonds is 2. The zero-order valence-electron chi connectivity index (χ0n) is 13.1. The van der Waals surface area contributed by atoms with Crippen LogP contribution in [-0.4, -0.2) is 27.7 Å². The Morgan fingerprint density at radius 1 is 1.08 bits per heavy atom. The third-order valence-corrected chi connectivity index (χ3v) is 5.65. The molecule has 0 aliphatic carbocycles. The molecule has 3 heterocycles. The SMILES string of the molecule is COc1c(F)cc(C2=C3C=CC(Br)=[N+]3[B-](F)(F)n3c(Br)ccc32)cc1F. The highest BCUT2D eigenvalue weighted by Gasteiger charge is 2.54. The summed E-state index contributed by atoms with van der Waals surface area (Å²) in [5.41, 5.74) is 0.730. The van der Waals surface area contributed by atoms with Gasteiger partial charge in [0.25, 0.3) is 0 Å². The lowest BCUT2D eigenvalue weighted by molar-refractivity contribution is -0.358. The molecule has 10 heteroatoms. The number of ether oxygens (including phenoxy) is 1. The van der Waals surface area contributed by atoms with Crippen LogP contribution in [0.25, 0.3) is 5.57 Å². The van der Waals surface area contributed by atoms with Crippen molar-refractivity contribution >= 4 is 49.0 Å². The molecular formula is C16H9BBr2F4N2O. The maximum absolute atomic E-state index is 15.1. The first-order chi connectivity index (χ1) is 12.3. The van der Waals surface area contributed by atoms with Crippen molar-refractivity contribution in [3.63, 3.8) is 0 Å². The molecule has 0 saturated carbocycles. The predicted molar refractivity (Wildman–Crippen MR) is 97.8 cm³/mol. The lowest BCUT2D eigenvalue weighted by Gasteiger charge is -2.32. The molecule has 4 rings (SSSR count). The van der Waals surface area contributed by atoms with Crippen LogP contribution in [0.1, 0.15) is 11.3 Å². The van der Waals surface area contributed by atoms with Crippen LogP contribution in [0.3, 0.4) is 0 Å². The van der Waals surface area contributed by atoms with Crippen molar-refractivity contribution < 1.29 is 26.6 Å². The first-order valence-corrected chi connectivity index (χ1v) is 9.03. The molecule has 0 bridgehead atoms. The molecule has 0 spiro atoms. The van der Waals surface area contributed by atoms with Crippen LogP contribution in [0.2, 0.25) is 0 Å². The van der Waals surface area contributed by atoms with E-state index in [1.807, 2.05) is 0 Å². The van der Waals surface area contributed by atoms with Crippen LogP contribution >= 0.6 is 31.9 Å². The molecule has 0 radical (unpaired) electrons. The number of benzene rings is 1. The monoisotopic (exact) mass is 490 g/mol. The zero-order chi connectivity index (χ0) is 18.8. The van der Waals surface area contributed by atoms with E-state index in [1.165, 1.54) is 24.3 Å². The van der Waals surface area contributed by atoms with Crippen LogP contribution in [-0.2, 0) is 0 Å². The van der Waals surface area contributed by atoms with E-state index in [-0.39, 0.29) is 31.8 Å². The van der Waals surface area contributed by atoms with Crippen molar-refractivity contribution in [3.8, 4) is 5.75 Å².